The first-order valence-electron chi connectivity index (χ1n) is 7.29. The Kier molecular flexibility index (Phi) is 3.84. The average Bonchev–Trinajstić information content (AvgIpc) is 2.59. The molecule has 0 amide bonds. The van der Waals surface area contributed by atoms with Gasteiger partial charge in [0, 0.05) is 18.5 Å². The van der Waals surface area contributed by atoms with E-state index in [0.717, 1.165) is 0 Å². The van der Waals surface area contributed by atoms with Crippen LogP contribution in [0.25, 0.3) is 21.9 Å². The van der Waals surface area contributed by atoms with Gasteiger partial charge in [-0.15, -0.1) is 0 Å². The Balaban J connectivity index is 2.43. The Labute approximate surface area is 136 Å². The topological polar surface area (TPSA) is 87.7 Å². The summed E-state index contributed by atoms with van der Waals surface area (Å²) in [5.41, 5.74) is -0.839. The summed E-state index contributed by atoms with van der Waals surface area (Å²) >= 11 is 0. The van der Waals surface area contributed by atoms with Crippen molar-refractivity contribution in [2.24, 2.45) is 7.05 Å². The normalized spacial score (nSPS) is 11.0. The largest absolute Gasteiger partial charge is 0.497 e. The molecule has 7 nitrogen and oxygen atoms in total. The number of fused-ring (bicyclic) bond motifs is 3. The summed E-state index contributed by atoms with van der Waals surface area (Å²) in [5.74, 6) is -0.243. The Morgan fingerprint density at radius 3 is 2.62 bits per heavy atom. The van der Waals surface area contributed by atoms with E-state index in [2.05, 4.69) is 0 Å². The number of hydrogen-bond acceptors (Lipinski definition) is 6. The quantitative estimate of drug-likeness (QED) is 0.538. The molecule has 2 heterocycles. The number of rotatable bonds is 3. The van der Waals surface area contributed by atoms with E-state index in [9.17, 15) is 14.4 Å². The fraction of sp³-hybridized carbons (Fsp3) is 0.235. The minimum Gasteiger partial charge on any atom is -0.497 e. The summed E-state index contributed by atoms with van der Waals surface area (Å²) in [6.07, 6.45) is 0. The van der Waals surface area contributed by atoms with Crippen molar-refractivity contribution >= 4 is 27.8 Å². The van der Waals surface area contributed by atoms with E-state index in [1.165, 1.54) is 17.7 Å². The number of methoxy groups -OCH3 is 1. The van der Waals surface area contributed by atoms with Crippen LogP contribution in [0.1, 0.15) is 17.3 Å². The Morgan fingerprint density at radius 1 is 1.21 bits per heavy atom. The number of nitrogens with zero attached hydrogens (tertiary/aromatic N) is 1. The highest BCUT2D eigenvalue weighted by molar-refractivity contribution is 6.04. The zero-order valence-corrected chi connectivity index (χ0v) is 13.4. The predicted molar refractivity (Wildman–Crippen MR) is 87.7 cm³/mol. The third kappa shape index (κ3) is 2.34. The molecule has 0 aliphatic heterocycles. The van der Waals surface area contributed by atoms with Crippen LogP contribution in [0.15, 0.2) is 38.3 Å². The van der Waals surface area contributed by atoms with Gasteiger partial charge in [0.25, 0.3) is 5.56 Å². The SMILES string of the molecule is CCOC(=O)c1cc2c(=O)n(C)c3cc(OC)ccc3c2oc1=O. The van der Waals surface area contributed by atoms with Gasteiger partial charge in [0.15, 0.2) is 5.58 Å². The zero-order chi connectivity index (χ0) is 17.4. The number of pyridine rings is 1. The molecule has 0 saturated heterocycles. The van der Waals surface area contributed by atoms with Crippen LogP contribution >= 0.6 is 0 Å². The second-order valence-corrected chi connectivity index (χ2v) is 5.16. The van der Waals surface area contributed by atoms with Crippen LogP contribution < -0.4 is 15.9 Å². The molecule has 0 fully saturated rings. The first-order chi connectivity index (χ1) is 11.5. The summed E-state index contributed by atoms with van der Waals surface area (Å²) in [7, 11) is 3.12. The molecule has 24 heavy (non-hydrogen) atoms. The van der Waals surface area contributed by atoms with Crippen LogP contribution in [0, 0.1) is 0 Å². The number of ether oxygens (including phenoxy) is 2. The lowest BCUT2D eigenvalue weighted by Crippen LogP contribution is -2.22. The van der Waals surface area contributed by atoms with Gasteiger partial charge in [-0.05, 0) is 25.1 Å². The predicted octanol–water partition coefficient (Wildman–Crippen LogP) is 1.83. The average molecular weight is 329 g/mol. The number of esters is 1. The molecule has 2 aromatic heterocycles. The molecule has 0 unspecified atom stereocenters. The standard InChI is InChI=1S/C17H15NO6/c1-4-23-16(20)12-8-11-14(24-17(12)21)10-6-5-9(22-3)7-13(10)18(2)15(11)19/h5-8H,4H2,1-3H3. The molecule has 7 heteroatoms. The second-order valence-electron chi connectivity index (χ2n) is 5.16. The van der Waals surface area contributed by atoms with E-state index < -0.39 is 11.6 Å². The highest BCUT2D eigenvalue weighted by Crippen LogP contribution is 2.25. The molecule has 0 bridgehead atoms. The summed E-state index contributed by atoms with van der Waals surface area (Å²) in [6, 6.07) is 6.30. The zero-order valence-electron chi connectivity index (χ0n) is 13.4. The summed E-state index contributed by atoms with van der Waals surface area (Å²) in [4.78, 5) is 36.6. The molecule has 0 saturated carbocycles. The van der Waals surface area contributed by atoms with Crippen LogP contribution in [0.5, 0.6) is 5.75 Å². The van der Waals surface area contributed by atoms with Crippen molar-refractivity contribution in [1.29, 1.82) is 0 Å². The number of carbonyl (C=O) groups excluding carboxylic acids is 1. The van der Waals surface area contributed by atoms with Crippen molar-refractivity contribution in [2.75, 3.05) is 13.7 Å². The minimum atomic E-state index is -0.841. The van der Waals surface area contributed by atoms with Crippen molar-refractivity contribution in [3.05, 3.63) is 50.6 Å². The van der Waals surface area contributed by atoms with Crippen molar-refractivity contribution in [3.63, 3.8) is 0 Å². The maximum Gasteiger partial charge on any atom is 0.351 e. The van der Waals surface area contributed by atoms with E-state index in [4.69, 9.17) is 13.9 Å². The van der Waals surface area contributed by atoms with Crippen LogP contribution in [0.3, 0.4) is 0 Å². The fourth-order valence-electron chi connectivity index (χ4n) is 2.58. The molecule has 0 N–H and O–H groups in total. The Morgan fingerprint density at radius 2 is 1.96 bits per heavy atom. The molecule has 0 aliphatic carbocycles. The number of aryl methyl sites for hydroxylation is 1. The lowest BCUT2D eigenvalue weighted by atomic mass is 10.1. The molecular formula is C17H15NO6. The second kappa shape index (κ2) is 5.84. The van der Waals surface area contributed by atoms with Gasteiger partial charge in [-0.2, -0.15) is 0 Å². The van der Waals surface area contributed by atoms with Crippen LogP contribution in [-0.4, -0.2) is 24.3 Å². The monoisotopic (exact) mass is 329 g/mol. The van der Waals surface area contributed by atoms with Gasteiger partial charge in [-0.1, -0.05) is 0 Å². The molecule has 0 atom stereocenters. The highest BCUT2D eigenvalue weighted by Gasteiger charge is 2.19. The first kappa shape index (κ1) is 15.8. The van der Waals surface area contributed by atoms with Gasteiger partial charge < -0.3 is 18.5 Å². The van der Waals surface area contributed by atoms with E-state index >= 15 is 0 Å². The maximum absolute atomic E-state index is 12.6. The molecule has 1 aromatic carbocycles. The van der Waals surface area contributed by atoms with Gasteiger partial charge in [0.1, 0.15) is 11.3 Å². The lowest BCUT2D eigenvalue weighted by Gasteiger charge is -2.10. The fourth-order valence-corrected chi connectivity index (χ4v) is 2.58. The number of hydrogen-bond donors (Lipinski definition) is 0. The molecule has 0 radical (unpaired) electrons. The molecule has 124 valence electrons. The minimum absolute atomic E-state index is 0.117. The third-order valence-electron chi connectivity index (χ3n) is 3.79. The van der Waals surface area contributed by atoms with Gasteiger partial charge in [-0.3, -0.25) is 4.79 Å². The number of aromatic nitrogens is 1. The van der Waals surface area contributed by atoms with E-state index in [1.807, 2.05) is 0 Å². The van der Waals surface area contributed by atoms with Gasteiger partial charge in [0.2, 0.25) is 0 Å². The van der Waals surface area contributed by atoms with E-state index in [0.29, 0.717) is 16.7 Å². The van der Waals surface area contributed by atoms with Crippen molar-refractivity contribution in [3.8, 4) is 5.75 Å². The molecule has 3 aromatic rings. The van der Waals surface area contributed by atoms with Crippen molar-refractivity contribution in [1.82, 2.24) is 4.57 Å². The molecule has 3 rings (SSSR count). The molecule has 0 aliphatic rings. The summed E-state index contributed by atoms with van der Waals surface area (Å²) in [6.45, 7) is 1.74. The van der Waals surface area contributed by atoms with Crippen LogP contribution in [0.2, 0.25) is 0 Å². The van der Waals surface area contributed by atoms with E-state index in [1.54, 1.807) is 32.2 Å². The van der Waals surface area contributed by atoms with E-state index in [-0.39, 0.29) is 28.7 Å². The van der Waals surface area contributed by atoms with Gasteiger partial charge in [0.05, 0.1) is 24.6 Å². The van der Waals surface area contributed by atoms with Crippen molar-refractivity contribution < 1.29 is 18.7 Å². The number of benzene rings is 1. The summed E-state index contributed by atoms with van der Waals surface area (Å²) in [5, 5.41) is 0.707. The summed E-state index contributed by atoms with van der Waals surface area (Å²) < 4.78 is 16.7. The highest BCUT2D eigenvalue weighted by atomic mass is 16.5. The Bertz CT molecular complexity index is 1080. The third-order valence-corrected chi connectivity index (χ3v) is 3.79. The maximum atomic E-state index is 12.6. The van der Waals surface area contributed by atoms with Gasteiger partial charge >= 0.3 is 11.6 Å². The van der Waals surface area contributed by atoms with Crippen molar-refractivity contribution in [2.45, 2.75) is 6.92 Å². The molecular weight excluding hydrogens is 314 g/mol. The van der Waals surface area contributed by atoms with Crippen LogP contribution in [-0.2, 0) is 11.8 Å². The Hall–Kier alpha value is -3.09. The smallest absolute Gasteiger partial charge is 0.351 e. The first-order valence-corrected chi connectivity index (χ1v) is 7.29. The van der Waals surface area contributed by atoms with Crippen LogP contribution in [0.4, 0.5) is 0 Å². The molecule has 0 spiro atoms. The number of carbonyl (C=O) groups is 1. The van der Waals surface area contributed by atoms with Gasteiger partial charge in [-0.25, -0.2) is 9.59 Å². The lowest BCUT2D eigenvalue weighted by molar-refractivity contribution is 0.0522.